The molecule has 0 spiro atoms. The lowest BCUT2D eigenvalue weighted by Gasteiger charge is -2.31. The third-order valence-electron chi connectivity index (χ3n) is 2.85. The number of likely N-dealkylation sites (tertiary alicyclic amines) is 1. The highest BCUT2D eigenvalue weighted by Gasteiger charge is 2.18. The fraction of sp³-hybridized carbons (Fsp3) is 0.636. The smallest absolute Gasteiger partial charge is 0.0471 e. The predicted octanol–water partition coefficient (Wildman–Crippen LogP) is 1.95. The molecule has 0 aliphatic carbocycles. The van der Waals surface area contributed by atoms with Crippen molar-refractivity contribution in [2.45, 2.75) is 19.4 Å². The van der Waals surface area contributed by atoms with Crippen LogP contribution in [0.2, 0.25) is 0 Å². The average Bonchev–Trinajstić information content (AvgIpc) is 2.71. The van der Waals surface area contributed by atoms with Gasteiger partial charge in [-0.25, -0.2) is 0 Å². The Morgan fingerprint density at radius 1 is 1.57 bits per heavy atom. The summed E-state index contributed by atoms with van der Waals surface area (Å²) in [6, 6.07) is 2.19. The Morgan fingerprint density at radius 3 is 3.21 bits per heavy atom. The molecule has 1 aromatic rings. The van der Waals surface area contributed by atoms with Crippen molar-refractivity contribution < 1.29 is 5.11 Å². The maximum atomic E-state index is 9.11. The van der Waals surface area contributed by atoms with Crippen molar-refractivity contribution in [3.63, 3.8) is 0 Å². The molecule has 3 heteroatoms. The van der Waals surface area contributed by atoms with Crippen molar-refractivity contribution in [3.05, 3.63) is 22.4 Å². The second-order valence-electron chi connectivity index (χ2n) is 4.06. The van der Waals surface area contributed by atoms with Gasteiger partial charge in [-0.2, -0.15) is 11.3 Å². The highest BCUT2D eigenvalue weighted by Crippen LogP contribution is 2.18. The Kier molecular flexibility index (Phi) is 3.56. The van der Waals surface area contributed by atoms with Gasteiger partial charge in [0.2, 0.25) is 0 Å². The average molecular weight is 211 g/mol. The summed E-state index contributed by atoms with van der Waals surface area (Å²) in [5.74, 6) is 0.502. The Balaban J connectivity index is 1.86. The van der Waals surface area contributed by atoms with Gasteiger partial charge in [0, 0.05) is 19.7 Å². The molecule has 1 saturated heterocycles. The number of thiophene rings is 1. The Hall–Kier alpha value is -0.380. The first kappa shape index (κ1) is 10.1. The summed E-state index contributed by atoms with van der Waals surface area (Å²) in [6.07, 6.45) is 2.42. The molecule has 78 valence electrons. The molecule has 1 atom stereocenters. The van der Waals surface area contributed by atoms with E-state index in [1.807, 2.05) is 0 Å². The molecule has 0 amide bonds. The van der Waals surface area contributed by atoms with E-state index in [4.69, 9.17) is 5.11 Å². The predicted molar refractivity (Wildman–Crippen MR) is 59.4 cm³/mol. The van der Waals surface area contributed by atoms with Gasteiger partial charge in [0.15, 0.2) is 0 Å². The SMILES string of the molecule is OCC1CCCN(Cc2ccsc2)C1. The maximum Gasteiger partial charge on any atom is 0.0471 e. The van der Waals surface area contributed by atoms with E-state index >= 15 is 0 Å². The fourth-order valence-electron chi connectivity index (χ4n) is 2.08. The molecule has 2 nitrogen and oxygen atoms in total. The van der Waals surface area contributed by atoms with Crippen LogP contribution < -0.4 is 0 Å². The van der Waals surface area contributed by atoms with E-state index in [2.05, 4.69) is 21.7 Å². The topological polar surface area (TPSA) is 23.5 Å². The van der Waals surface area contributed by atoms with Crippen LogP contribution in [0, 0.1) is 5.92 Å². The molecule has 0 aromatic carbocycles. The first-order chi connectivity index (χ1) is 6.88. The van der Waals surface area contributed by atoms with E-state index < -0.39 is 0 Å². The zero-order valence-electron chi connectivity index (χ0n) is 8.35. The molecule has 1 aliphatic rings. The molecule has 1 N–H and O–H groups in total. The summed E-state index contributed by atoms with van der Waals surface area (Å²) >= 11 is 1.76. The zero-order valence-corrected chi connectivity index (χ0v) is 9.17. The van der Waals surface area contributed by atoms with Gasteiger partial charge < -0.3 is 5.11 Å². The summed E-state index contributed by atoms with van der Waals surface area (Å²) in [6.45, 7) is 3.65. The summed E-state index contributed by atoms with van der Waals surface area (Å²) in [4.78, 5) is 2.45. The summed E-state index contributed by atoms with van der Waals surface area (Å²) in [7, 11) is 0. The summed E-state index contributed by atoms with van der Waals surface area (Å²) in [5.41, 5.74) is 1.41. The minimum atomic E-state index is 0.347. The van der Waals surface area contributed by atoms with Crippen LogP contribution in [0.15, 0.2) is 16.8 Å². The third kappa shape index (κ3) is 2.56. The number of aliphatic hydroxyl groups is 1. The molecule has 1 unspecified atom stereocenters. The van der Waals surface area contributed by atoms with Crippen molar-refractivity contribution in [1.29, 1.82) is 0 Å². The van der Waals surface area contributed by atoms with Crippen LogP contribution in [-0.2, 0) is 6.54 Å². The van der Waals surface area contributed by atoms with Crippen molar-refractivity contribution >= 4 is 11.3 Å². The first-order valence-electron chi connectivity index (χ1n) is 5.23. The molecule has 0 bridgehead atoms. The van der Waals surface area contributed by atoms with Gasteiger partial charge in [0.05, 0.1) is 0 Å². The molecular formula is C11H17NOS. The monoisotopic (exact) mass is 211 g/mol. The molecule has 1 aromatic heterocycles. The number of hydrogen-bond acceptors (Lipinski definition) is 3. The lowest BCUT2D eigenvalue weighted by Crippen LogP contribution is -2.36. The lowest BCUT2D eigenvalue weighted by molar-refractivity contribution is 0.116. The lowest BCUT2D eigenvalue weighted by atomic mass is 9.99. The van der Waals surface area contributed by atoms with Crippen LogP contribution in [-0.4, -0.2) is 29.7 Å². The van der Waals surface area contributed by atoms with Gasteiger partial charge >= 0.3 is 0 Å². The van der Waals surface area contributed by atoms with Crippen LogP contribution in [0.1, 0.15) is 18.4 Å². The standard InChI is InChI=1S/C11H17NOS/c13-8-10-2-1-4-12(6-10)7-11-3-5-14-9-11/h3,5,9-10,13H,1-2,4,6-8H2. The van der Waals surface area contributed by atoms with Crippen LogP contribution in [0.3, 0.4) is 0 Å². The third-order valence-corrected chi connectivity index (χ3v) is 3.58. The molecule has 1 aliphatic heterocycles. The van der Waals surface area contributed by atoms with Gasteiger partial charge in [-0.3, -0.25) is 4.90 Å². The largest absolute Gasteiger partial charge is 0.396 e. The van der Waals surface area contributed by atoms with E-state index in [9.17, 15) is 0 Å². The second kappa shape index (κ2) is 4.91. The van der Waals surface area contributed by atoms with Crippen LogP contribution in [0.5, 0.6) is 0 Å². The van der Waals surface area contributed by atoms with E-state index in [1.165, 1.54) is 24.9 Å². The molecule has 1 fully saturated rings. The van der Waals surface area contributed by atoms with Gasteiger partial charge in [-0.15, -0.1) is 0 Å². The highest BCUT2D eigenvalue weighted by molar-refractivity contribution is 7.07. The molecule has 2 rings (SSSR count). The molecule has 2 heterocycles. The van der Waals surface area contributed by atoms with Crippen LogP contribution in [0.4, 0.5) is 0 Å². The minimum absolute atomic E-state index is 0.347. The van der Waals surface area contributed by atoms with Crippen LogP contribution in [0.25, 0.3) is 0 Å². The van der Waals surface area contributed by atoms with Crippen molar-refractivity contribution in [1.82, 2.24) is 4.90 Å². The molecule has 0 radical (unpaired) electrons. The fourth-order valence-corrected chi connectivity index (χ4v) is 2.74. The maximum absolute atomic E-state index is 9.11. The normalized spacial score (nSPS) is 23.9. The number of rotatable bonds is 3. The first-order valence-corrected chi connectivity index (χ1v) is 6.17. The van der Waals surface area contributed by atoms with E-state index in [0.29, 0.717) is 12.5 Å². The van der Waals surface area contributed by atoms with Crippen LogP contribution >= 0.6 is 11.3 Å². The Morgan fingerprint density at radius 2 is 2.50 bits per heavy atom. The zero-order chi connectivity index (χ0) is 9.80. The van der Waals surface area contributed by atoms with Crippen molar-refractivity contribution in [2.75, 3.05) is 19.7 Å². The van der Waals surface area contributed by atoms with E-state index in [0.717, 1.165) is 13.1 Å². The molecular weight excluding hydrogens is 194 g/mol. The highest BCUT2D eigenvalue weighted by atomic mass is 32.1. The van der Waals surface area contributed by atoms with E-state index in [-0.39, 0.29) is 0 Å². The number of hydrogen-bond donors (Lipinski definition) is 1. The van der Waals surface area contributed by atoms with Gasteiger partial charge in [-0.05, 0) is 47.7 Å². The summed E-state index contributed by atoms with van der Waals surface area (Å²) < 4.78 is 0. The number of aliphatic hydroxyl groups excluding tert-OH is 1. The van der Waals surface area contributed by atoms with Gasteiger partial charge in [0.1, 0.15) is 0 Å². The number of piperidine rings is 1. The quantitative estimate of drug-likeness (QED) is 0.826. The second-order valence-corrected chi connectivity index (χ2v) is 4.84. The van der Waals surface area contributed by atoms with Gasteiger partial charge in [0.25, 0.3) is 0 Å². The van der Waals surface area contributed by atoms with E-state index in [1.54, 1.807) is 11.3 Å². The molecule has 14 heavy (non-hydrogen) atoms. The molecule has 0 saturated carbocycles. The Labute approximate surface area is 89.2 Å². The van der Waals surface area contributed by atoms with Crippen molar-refractivity contribution in [2.24, 2.45) is 5.92 Å². The van der Waals surface area contributed by atoms with Crippen molar-refractivity contribution in [3.8, 4) is 0 Å². The Bertz CT molecular complexity index is 260. The number of nitrogens with zero attached hydrogens (tertiary/aromatic N) is 1. The van der Waals surface area contributed by atoms with Gasteiger partial charge in [-0.1, -0.05) is 0 Å². The minimum Gasteiger partial charge on any atom is -0.396 e. The summed E-state index contributed by atoms with van der Waals surface area (Å²) in [5, 5.41) is 13.4.